The third kappa shape index (κ3) is 4.12. The fourth-order valence-electron chi connectivity index (χ4n) is 3.36. The average Bonchev–Trinajstić information content (AvgIpc) is 3.09. The van der Waals surface area contributed by atoms with Gasteiger partial charge >= 0.3 is 0 Å². The first-order valence-corrected chi connectivity index (χ1v) is 9.86. The summed E-state index contributed by atoms with van der Waals surface area (Å²) in [5, 5.41) is 13.6. The first-order valence-electron chi connectivity index (χ1n) is 8.98. The minimum absolute atomic E-state index is 0.370. The van der Waals surface area contributed by atoms with E-state index in [0.717, 1.165) is 36.0 Å². The number of thiazole rings is 1. The van der Waals surface area contributed by atoms with E-state index in [1.54, 1.807) is 11.3 Å². The van der Waals surface area contributed by atoms with Gasteiger partial charge in [-0.25, -0.2) is 4.98 Å². The van der Waals surface area contributed by atoms with Crippen molar-refractivity contribution >= 4 is 16.5 Å². The number of aliphatic hydroxyl groups excluding tert-OH is 1. The van der Waals surface area contributed by atoms with Crippen LogP contribution in [0.1, 0.15) is 5.56 Å². The van der Waals surface area contributed by atoms with Crippen LogP contribution in [-0.4, -0.2) is 47.3 Å². The maximum Gasteiger partial charge on any atom is 0.185 e. The van der Waals surface area contributed by atoms with Crippen LogP contribution in [0, 0.1) is 0 Å². The molecule has 1 atom stereocenters. The van der Waals surface area contributed by atoms with Crippen LogP contribution in [0.5, 0.6) is 0 Å². The molecule has 26 heavy (non-hydrogen) atoms. The molecule has 1 saturated heterocycles. The SMILES string of the molecule is O[C@H]1CN(Cc2ccccc2)CCN(c2nc(-c3ccccc3)cs2)C1. The molecule has 1 N–H and O–H groups in total. The van der Waals surface area contributed by atoms with Crippen LogP contribution in [0.25, 0.3) is 11.3 Å². The molecule has 4 nitrogen and oxygen atoms in total. The molecule has 134 valence electrons. The normalized spacial score (nSPS) is 18.7. The molecule has 1 aliphatic rings. The Morgan fingerprint density at radius 1 is 0.962 bits per heavy atom. The zero-order valence-corrected chi connectivity index (χ0v) is 15.5. The number of anilines is 1. The molecule has 0 unspecified atom stereocenters. The van der Waals surface area contributed by atoms with Gasteiger partial charge in [0.1, 0.15) is 0 Å². The van der Waals surface area contributed by atoms with Crippen LogP contribution >= 0.6 is 11.3 Å². The summed E-state index contributed by atoms with van der Waals surface area (Å²) in [7, 11) is 0. The highest BCUT2D eigenvalue weighted by Gasteiger charge is 2.23. The van der Waals surface area contributed by atoms with Crippen LogP contribution in [-0.2, 0) is 6.54 Å². The highest BCUT2D eigenvalue weighted by Crippen LogP contribution is 2.28. The van der Waals surface area contributed by atoms with E-state index in [4.69, 9.17) is 4.98 Å². The van der Waals surface area contributed by atoms with E-state index in [0.29, 0.717) is 13.1 Å². The Balaban J connectivity index is 1.45. The molecular weight excluding hydrogens is 342 g/mol. The van der Waals surface area contributed by atoms with Crippen molar-refractivity contribution in [3.8, 4) is 11.3 Å². The largest absolute Gasteiger partial charge is 0.390 e. The summed E-state index contributed by atoms with van der Waals surface area (Å²) in [6.45, 7) is 4.01. The van der Waals surface area contributed by atoms with Crippen LogP contribution in [0.15, 0.2) is 66.0 Å². The van der Waals surface area contributed by atoms with Gasteiger partial charge in [0, 0.05) is 43.7 Å². The van der Waals surface area contributed by atoms with Gasteiger partial charge in [0.15, 0.2) is 5.13 Å². The van der Waals surface area contributed by atoms with E-state index in [-0.39, 0.29) is 6.10 Å². The summed E-state index contributed by atoms with van der Waals surface area (Å²) in [6, 6.07) is 20.7. The van der Waals surface area contributed by atoms with E-state index in [2.05, 4.69) is 51.6 Å². The monoisotopic (exact) mass is 365 g/mol. The second kappa shape index (κ2) is 7.99. The van der Waals surface area contributed by atoms with Crippen molar-refractivity contribution in [3.05, 3.63) is 71.6 Å². The average molecular weight is 366 g/mol. The predicted octanol–water partition coefficient (Wildman–Crippen LogP) is 3.49. The van der Waals surface area contributed by atoms with Gasteiger partial charge in [-0.05, 0) is 5.56 Å². The van der Waals surface area contributed by atoms with E-state index in [9.17, 15) is 5.11 Å². The van der Waals surface area contributed by atoms with E-state index >= 15 is 0 Å². The molecule has 0 spiro atoms. The standard InChI is InChI=1S/C21H23N3OS/c25-19-14-23(13-17-7-3-1-4-8-17)11-12-24(15-19)21-22-20(16-26-21)18-9-5-2-6-10-18/h1-10,16,19,25H,11-15H2/t19-/m0/s1. The predicted molar refractivity (Wildman–Crippen MR) is 107 cm³/mol. The van der Waals surface area contributed by atoms with Crippen molar-refractivity contribution in [1.82, 2.24) is 9.88 Å². The number of benzene rings is 2. The Bertz CT molecular complexity index is 822. The molecule has 3 aromatic rings. The van der Waals surface area contributed by atoms with E-state index in [1.807, 2.05) is 24.3 Å². The van der Waals surface area contributed by atoms with E-state index in [1.165, 1.54) is 5.56 Å². The Morgan fingerprint density at radius 3 is 2.46 bits per heavy atom. The highest BCUT2D eigenvalue weighted by atomic mass is 32.1. The lowest BCUT2D eigenvalue weighted by atomic mass is 10.2. The minimum Gasteiger partial charge on any atom is -0.390 e. The topological polar surface area (TPSA) is 39.6 Å². The van der Waals surface area contributed by atoms with Gasteiger partial charge in [0.25, 0.3) is 0 Å². The minimum atomic E-state index is -0.370. The number of aromatic nitrogens is 1. The van der Waals surface area contributed by atoms with Crippen molar-refractivity contribution in [3.63, 3.8) is 0 Å². The molecule has 0 aliphatic carbocycles. The summed E-state index contributed by atoms with van der Waals surface area (Å²) in [5.74, 6) is 0. The van der Waals surface area contributed by atoms with Crippen molar-refractivity contribution in [2.24, 2.45) is 0 Å². The van der Waals surface area contributed by atoms with Crippen molar-refractivity contribution < 1.29 is 5.11 Å². The highest BCUT2D eigenvalue weighted by molar-refractivity contribution is 7.14. The van der Waals surface area contributed by atoms with Gasteiger partial charge in [0.05, 0.1) is 11.8 Å². The number of β-amino-alcohol motifs (C(OH)–C–C–N with tert-alkyl or cyclic N) is 1. The van der Waals surface area contributed by atoms with Crippen molar-refractivity contribution in [2.75, 3.05) is 31.1 Å². The smallest absolute Gasteiger partial charge is 0.185 e. The summed E-state index contributed by atoms with van der Waals surface area (Å²) in [5.41, 5.74) is 3.43. The fourth-order valence-corrected chi connectivity index (χ4v) is 4.24. The van der Waals surface area contributed by atoms with E-state index < -0.39 is 0 Å². The second-order valence-electron chi connectivity index (χ2n) is 6.70. The molecule has 0 amide bonds. The zero-order valence-electron chi connectivity index (χ0n) is 14.7. The molecule has 4 rings (SSSR count). The quantitative estimate of drug-likeness (QED) is 0.768. The van der Waals surface area contributed by atoms with Crippen molar-refractivity contribution in [2.45, 2.75) is 12.6 Å². The van der Waals surface area contributed by atoms with Gasteiger partial charge in [-0.2, -0.15) is 0 Å². The number of rotatable bonds is 4. The lowest BCUT2D eigenvalue weighted by Crippen LogP contribution is -2.33. The molecule has 0 bridgehead atoms. The van der Waals surface area contributed by atoms with Gasteiger partial charge in [-0.3, -0.25) is 4.90 Å². The van der Waals surface area contributed by atoms with Gasteiger partial charge in [-0.15, -0.1) is 11.3 Å². The van der Waals surface area contributed by atoms with Crippen LogP contribution in [0.2, 0.25) is 0 Å². The molecule has 2 heterocycles. The zero-order chi connectivity index (χ0) is 17.8. The molecule has 0 radical (unpaired) electrons. The van der Waals surface area contributed by atoms with Crippen LogP contribution in [0.3, 0.4) is 0 Å². The number of nitrogens with zero attached hydrogens (tertiary/aromatic N) is 3. The lowest BCUT2D eigenvalue weighted by Gasteiger charge is -2.21. The summed E-state index contributed by atoms with van der Waals surface area (Å²) in [6.07, 6.45) is -0.370. The summed E-state index contributed by atoms with van der Waals surface area (Å²) in [4.78, 5) is 9.34. The molecule has 5 heteroatoms. The summed E-state index contributed by atoms with van der Waals surface area (Å²) >= 11 is 1.65. The van der Waals surface area contributed by atoms with Crippen LogP contribution in [0.4, 0.5) is 5.13 Å². The Labute approximate surface area is 158 Å². The third-order valence-electron chi connectivity index (χ3n) is 4.67. The maximum atomic E-state index is 10.5. The van der Waals surface area contributed by atoms with Gasteiger partial charge < -0.3 is 10.0 Å². The first kappa shape index (κ1) is 17.2. The molecule has 1 aromatic heterocycles. The number of hydrogen-bond acceptors (Lipinski definition) is 5. The molecule has 0 saturated carbocycles. The fraction of sp³-hybridized carbons (Fsp3) is 0.286. The Hall–Kier alpha value is -2.21. The number of hydrogen-bond donors (Lipinski definition) is 1. The second-order valence-corrected chi connectivity index (χ2v) is 7.54. The first-order chi connectivity index (χ1) is 12.8. The Kier molecular flexibility index (Phi) is 5.29. The number of aliphatic hydroxyl groups is 1. The maximum absolute atomic E-state index is 10.5. The lowest BCUT2D eigenvalue weighted by molar-refractivity contribution is 0.129. The molecular formula is C21H23N3OS. The van der Waals surface area contributed by atoms with Crippen LogP contribution < -0.4 is 4.90 Å². The van der Waals surface area contributed by atoms with Gasteiger partial charge in [-0.1, -0.05) is 60.7 Å². The Morgan fingerprint density at radius 2 is 1.69 bits per heavy atom. The summed E-state index contributed by atoms with van der Waals surface area (Å²) < 4.78 is 0. The molecule has 1 aliphatic heterocycles. The molecule has 1 fully saturated rings. The molecule has 2 aromatic carbocycles. The third-order valence-corrected chi connectivity index (χ3v) is 5.57. The van der Waals surface area contributed by atoms with Crippen molar-refractivity contribution in [1.29, 1.82) is 0 Å². The van der Waals surface area contributed by atoms with Gasteiger partial charge in [0.2, 0.25) is 0 Å².